The number of carbonyl (C=O) groups is 1. The summed E-state index contributed by atoms with van der Waals surface area (Å²) in [6.07, 6.45) is 2.17. The van der Waals surface area contributed by atoms with Gasteiger partial charge in [0, 0.05) is 18.3 Å². The highest BCUT2D eigenvalue weighted by atomic mass is 19.2. The fraction of sp³-hybridized carbons (Fsp3) is 0.294. The molecule has 25 heavy (non-hydrogen) atoms. The van der Waals surface area contributed by atoms with Gasteiger partial charge in [0.25, 0.3) is 5.91 Å². The highest BCUT2D eigenvalue weighted by Crippen LogP contribution is 2.22. The maximum Gasteiger partial charge on any atom is 0.251 e. The number of halogens is 3. The lowest BCUT2D eigenvalue weighted by molar-refractivity contribution is 0.0952. The summed E-state index contributed by atoms with van der Waals surface area (Å²) >= 11 is 0. The van der Waals surface area contributed by atoms with E-state index in [4.69, 9.17) is 0 Å². The van der Waals surface area contributed by atoms with Gasteiger partial charge in [-0.15, -0.1) is 0 Å². The molecule has 2 aromatic rings. The SMILES string of the molecule is CN(C)CCCNC(=O)c1ccnc(Nc2ccc(F)c(F)c2F)c1. The Labute approximate surface area is 143 Å². The summed E-state index contributed by atoms with van der Waals surface area (Å²) in [7, 11) is 3.89. The van der Waals surface area contributed by atoms with Gasteiger partial charge in [-0.3, -0.25) is 4.79 Å². The van der Waals surface area contributed by atoms with E-state index < -0.39 is 17.5 Å². The Balaban J connectivity index is 2.04. The molecule has 134 valence electrons. The van der Waals surface area contributed by atoms with Gasteiger partial charge in [-0.05, 0) is 51.3 Å². The van der Waals surface area contributed by atoms with Crippen LogP contribution in [0.15, 0.2) is 30.5 Å². The normalized spacial score (nSPS) is 10.8. The minimum absolute atomic E-state index is 0.144. The van der Waals surface area contributed by atoms with E-state index in [2.05, 4.69) is 15.6 Å². The van der Waals surface area contributed by atoms with E-state index in [1.807, 2.05) is 19.0 Å². The van der Waals surface area contributed by atoms with Crippen molar-refractivity contribution in [3.05, 3.63) is 53.5 Å². The summed E-state index contributed by atoms with van der Waals surface area (Å²) in [5.74, 6) is -4.34. The lowest BCUT2D eigenvalue weighted by Crippen LogP contribution is -2.27. The second-order valence-electron chi connectivity index (χ2n) is 5.69. The van der Waals surface area contributed by atoms with Crippen LogP contribution < -0.4 is 10.6 Å². The number of anilines is 2. The second-order valence-corrected chi connectivity index (χ2v) is 5.69. The second kappa shape index (κ2) is 8.48. The topological polar surface area (TPSA) is 57.3 Å². The van der Waals surface area contributed by atoms with Crippen molar-refractivity contribution in [2.75, 3.05) is 32.5 Å². The molecule has 2 N–H and O–H groups in total. The predicted molar refractivity (Wildman–Crippen MR) is 89.3 cm³/mol. The monoisotopic (exact) mass is 352 g/mol. The molecule has 0 saturated heterocycles. The molecule has 0 fully saturated rings. The fourth-order valence-electron chi connectivity index (χ4n) is 2.10. The first-order valence-corrected chi connectivity index (χ1v) is 7.68. The minimum Gasteiger partial charge on any atom is -0.352 e. The van der Waals surface area contributed by atoms with Crippen LogP contribution in [0, 0.1) is 17.5 Å². The molecule has 1 aromatic heterocycles. The maximum atomic E-state index is 13.7. The average Bonchev–Trinajstić information content (AvgIpc) is 2.59. The summed E-state index contributed by atoms with van der Waals surface area (Å²) in [6.45, 7) is 1.36. The number of aromatic nitrogens is 1. The number of pyridine rings is 1. The molecule has 0 aliphatic rings. The molecule has 1 aromatic carbocycles. The average molecular weight is 352 g/mol. The lowest BCUT2D eigenvalue weighted by Gasteiger charge is -2.11. The van der Waals surface area contributed by atoms with Crippen LogP contribution in [0.5, 0.6) is 0 Å². The third-order valence-corrected chi connectivity index (χ3v) is 3.39. The van der Waals surface area contributed by atoms with Crippen molar-refractivity contribution in [2.45, 2.75) is 6.42 Å². The van der Waals surface area contributed by atoms with E-state index >= 15 is 0 Å². The fourth-order valence-corrected chi connectivity index (χ4v) is 2.10. The van der Waals surface area contributed by atoms with Crippen LogP contribution in [0.2, 0.25) is 0 Å². The highest BCUT2D eigenvalue weighted by molar-refractivity contribution is 5.94. The van der Waals surface area contributed by atoms with Crippen LogP contribution in [-0.4, -0.2) is 43.0 Å². The molecule has 0 bridgehead atoms. The number of benzene rings is 1. The van der Waals surface area contributed by atoms with Gasteiger partial charge in [0.15, 0.2) is 17.5 Å². The van der Waals surface area contributed by atoms with E-state index in [0.29, 0.717) is 12.1 Å². The summed E-state index contributed by atoms with van der Waals surface area (Å²) in [5, 5.41) is 5.31. The molecular formula is C17H19F3N4O. The molecule has 1 amide bonds. The zero-order valence-electron chi connectivity index (χ0n) is 13.9. The van der Waals surface area contributed by atoms with Crippen molar-refractivity contribution in [1.29, 1.82) is 0 Å². The number of hydrogen-bond donors (Lipinski definition) is 2. The number of nitrogens with zero attached hydrogens (tertiary/aromatic N) is 2. The maximum absolute atomic E-state index is 13.7. The zero-order chi connectivity index (χ0) is 18.4. The molecule has 0 aliphatic heterocycles. The van der Waals surface area contributed by atoms with Crippen LogP contribution in [0.1, 0.15) is 16.8 Å². The quantitative estimate of drug-likeness (QED) is 0.594. The molecule has 5 nitrogen and oxygen atoms in total. The first-order valence-electron chi connectivity index (χ1n) is 7.68. The van der Waals surface area contributed by atoms with E-state index in [-0.39, 0.29) is 17.4 Å². The van der Waals surface area contributed by atoms with Crippen LogP contribution in [0.25, 0.3) is 0 Å². The number of nitrogens with one attached hydrogen (secondary N) is 2. The third-order valence-electron chi connectivity index (χ3n) is 3.39. The molecule has 0 spiro atoms. The summed E-state index contributed by atoms with van der Waals surface area (Å²) in [6, 6.07) is 4.78. The Bertz CT molecular complexity index is 753. The van der Waals surface area contributed by atoms with Gasteiger partial charge in [0.2, 0.25) is 0 Å². The molecule has 0 unspecified atom stereocenters. The van der Waals surface area contributed by atoms with E-state index in [9.17, 15) is 18.0 Å². The molecule has 1 heterocycles. The standard InChI is InChI=1S/C17H19F3N4O/c1-24(2)9-3-7-22-17(25)11-6-8-21-14(10-11)23-13-5-4-12(18)15(19)16(13)20/h4-6,8,10H,3,7,9H2,1-2H3,(H,21,23)(H,22,25). The van der Waals surface area contributed by atoms with E-state index in [1.54, 1.807) is 0 Å². The summed E-state index contributed by atoms with van der Waals surface area (Å²) < 4.78 is 39.9. The van der Waals surface area contributed by atoms with Crippen LogP contribution in [0.3, 0.4) is 0 Å². The molecule has 0 aliphatic carbocycles. The van der Waals surface area contributed by atoms with Crippen LogP contribution in [0.4, 0.5) is 24.7 Å². The number of hydrogen-bond acceptors (Lipinski definition) is 4. The first kappa shape index (κ1) is 18.7. The Morgan fingerprint density at radius 1 is 1.16 bits per heavy atom. The Morgan fingerprint density at radius 3 is 2.64 bits per heavy atom. The van der Waals surface area contributed by atoms with Gasteiger partial charge in [0.05, 0.1) is 5.69 Å². The minimum atomic E-state index is -1.57. The molecule has 0 atom stereocenters. The van der Waals surface area contributed by atoms with Gasteiger partial charge < -0.3 is 15.5 Å². The molecule has 0 saturated carbocycles. The Morgan fingerprint density at radius 2 is 1.92 bits per heavy atom. The van der Waals surface area contributed by atoms with Crippen molar-refractivity contribution in [3.8, 4) is 0 Å². The van der Waals surface area contributed by atoms with Gasteiger partial charge in [-0.1, -0.05) is 0 Å². The molecular weight excluding hydrogens is 333 g/mol. The number of amides is 1. The number of carbonyl (C=O) groups excluding carboxylic acids is 1. The summed E-state index contributed by atoms with van der Waals surface area (Å²) in [4.78, 5) is 18.1. The van der Waals surface area contributed by atoms with Gasteiger partial charge >= 0.3 is 0 Å². The van der Waals surface area contributed by atoms with Gasteiger partial charge in [-0.2, -0.15) is 0 Å². The number of rotatable bonds is 7. The van der Waals surface area contributed by atoms with Gasteiger partial charge in [0.1, 0.15) is 5.82 Å². The zero-order valence-corrected chi connectivity index (χ0v) is 13.9. The Kier molecular flexibility index (Phi) is 6.35. The molecule has 2 rings (SSSR count). The molecule has 0 radical (unpaired) electrons. The summed E-state index contributed by atoms with van der Waals surface area (Å²) in [5.41, 5.74) is 0.0558. The van der Waals surface area contributed by atoms with Crippen molar-refractivity contribution < 1.29 is 18.0 Å². The first-order chi connectivity index (χ1) is 11.9. The molecule has 8 heteroatoms. The van der Waals surface area contributed by atoms with Crippen molar-refractivity contribution in [2.24, 2.45) is 0 Å². The lowest BCUT2D eigenvalue weighted by atomic mass is 10.2. The van der Waals surface area contributed by atoms with Crippen molar-refractivity contribution in [1.82, 2.24) is 15.2 Å². The predicted octanol–water partition coefficient (Wildman–Crippen LogP) is 2.92. The van der Waals surface area contributed by atoms with E-state index in [1.165, 1.54) is 18.3 Å². The highest BCUT2D eigenvalue weighted by Gasteiger charge is 2.14. The van der Waals surface area contributed by atoms with Crippen LogP contribution in [-0.2, 0) is 0 Å². The smallest absolute Gasteiger partial charge is 0.251 e. The van der Waals surface area contributed by atoms with Crippen molar-refractivity contribution >= 4 is 17.4 Å². The van der Waals surface area contributed by atoms with Gasteiger partial charge in [-0.25, -0.2) is 18.2 Å². The third kappa shape index (κ3) is 5.18. The van der Waals surface area contributed by atoms with E-state index in [0.717, 1.165) is 25.1 Å². The Hall–Kier alpha value is -2.61. The largest absolute Gasteiger partial charge is 0.352 e. The van der Waals surface area contributed by atoms with Crippen molar-refractivity contribution in [3.63, 3.8) is 0 Å². The van der Waals surface area contributed by atoms with Crippen LogP contribution >= 0.6 is 0 Å².